The maximum atomic E-state index is 9.49. The second-order valence-electron chi connectivity index (χ2n) is 2.70. The number of thiophene rings is 1. The predicted octanol–water partition coefficient (Wildman–Crippen LogP) is 3.21. The van der Waals surface area contributed by atoms with Gasteiger partial charge in [0.2, 0.25) is 0 Å². The second kappa shape index (κ2) is 3.20. The van der Waals surface area contributed by atoms with Crippen molar-refractivity contribution in [2.24, 2.45) is 0 Å². The van der Waals surface area contributed by atoms with Crippen LogP contribution in [0.3, 0.4) is 0 Å². The van der Waals surface area contributed by atoms with Crippen LogP contribution < -0.4 is 0 Å². The van der Waals surface area contributed by atoms with Gasteiger partial charge in [0.05, 0.1) is 4.70 Å². The molecule has 13 heavy (non-hydrogen) atoms. The SMILES string of the molecule is Oc1cc2c(CBr)ccc(O)c2s1. The van der Waals surface area contributed by atoms with Gasteiger partial charge in [0.1, 0.15) is 5.75 Å². The van der Waals surface area contributed by atoms with Crippen LogP contribution in [0.1, 0.15) is 5.56 Å². The van der Waals surface area contributed by atoms with Crippen LogP contribution in [-0.2, 0) is 5.33 Å². The Morgan fingerprint density at radius 2 is 2.08 bits per heavy atom. The van der Waals surface area contributed by atoms with Crippen molar-refractivity contribution in [3.05, 3.63) is 23.8 Å². The number of fused-ring (bicyclic) bond motifs is 1. The van der Waals surface area contributed by atoms with Crippen molar-refractivity contribution < 1.29 is 10.2 Å². The Hall–Kier alpha value is -0.740. The summed E-state index contributed by atoms with van der Waals surface area (Å²) >= 11 is 4.55. The molecule has 2 rings (SSSR count). The minimum atomic E-state index is 0.227. The van der Waals surface area contributed by atoms with Crippen LogP contribution >= 0.6 is 27.3 Å². The number of hydrogen-bond acceptors (Lipinski definition) is 3. The van der Waals surface area contributed by atoms with Gasteiger partial charge in [0.25, 0.3) is 0 Å². The maximum Gasteiger partial charge on any atom is 0.172 e. The molecule has 0 atom stereocenters. The Balaban J connectivity index is 2.83. The van der Waals surface area contributed by atoms with Crippen molar-refractivity contribution in [3.63, 3.8) is 0 Å². The highest BCUT2D eigenvalue weighted by atomic mass is 79.9. The summed E-state index contributed by atoms with van der Waals surface area (Å²) in [5.74, 6) is 0.227. The van der Waals surface area contributed by atoms with Crippen LogP contribution in [0.25, 0.3) is 10.1 Å². The Bertz CT molecular complexity index is 450. The van der Waals surface area contributed by atoms with Crippen molar-refractivity contribution in [2.45, 2.75) is 5.33 Å². The summed E-state index contributed by atoms with van der Waals surface area (Å²) in [4.78, 5) is 0. The molecule has 4 heteroatoms. The van der Waals surface area contributed by atoms with Gasteiger partial charge in [-0.25, -0.2) is 0 Å². The number of alkyl halides is 1. The van der Waals surface area contributed by atoms with E-state index in [2.05, 4.69) is 15.9 Å². The monoisotopic (exact) mass is 258 g/mol. The second-order valence-corrected chi connectivity index (χ2v) is 4.30. The van der Waals surface area contributed by atoms with E-state index in [0.29, 0.717) is 0 Å². The molecule has 0 unspecified atom stereocenters. The molecule has 0 saturated carbocycles. The average molecular weight is 259 g/mol. The van der Waals surface area contributed by atoms with Gasteiger partial charge in [-0.3, -0.25) is 0 Å². The third-order valence-corrected chi connectivity index (χ3v) is 3.45. The highest BCUT2D eigenvalue weighted by Gasteiger charge is 2.08. The van der Waals surface area contributed by atoms with Gasteiger partial charge < -0.3 is 10.2 Å². The van der Waals surface area contributed by atoms with Gasteiger partial charge in [0.15, 0.2) is 5.06 Å². The first-order valence-corrected chi connectivity index (χ1v) is 5.65. The zero-order chi connectivity index (χ0) is 9.42. The lowest BCUT2D eigenvalue weighted by molar-refractivity contribution is 0.482. The number of hydrogen-bond donors (Lipinski definition) is 2. The lowest BCUT2D eigenvalue weighted by Crippen LogP contribution is -1.77. The molecule has 68 valence electrons. The third kappa shape index (κ3) is 1.40. The molecule has 2 aromatic rings. The summed E-state index contributed by atoms with van der Waals surface area (Å²) in [6, 6.07) is 5.17. The summed E-state index contributed by atoms with van der Waals surface area (Å²) in [6.07, 6.45) is 0. The molecule has 0 aliphatic rings. The summed E-state index contributed by atoms with van der Waals surface area (Å²) in [7, 11) is 0. The quantitative estimate of drug-likeness (QED) is 0.772. The molecule has 1 aromatic carbocycles. The molecule has 1 heterocycles. The molecule has 0 fully saturated rings. The van der Waals surface area contributed by atoms with E-state index in [-0.39, 0.29) is 10.8 Å². The zero-order valence-corrected chi connectivity index (χ0v) is 9.02. The summed E-state index contributed by atoms with van der Waals surface area (Å²) < 4.78 is 0.745. The van der Waals surface area contributed by atoms with E-state index in [1.807, 2.05) is 6.07 Å². The Morgan fingerprint density at radius 1 is 1.31 bits per heavy atom. The highest BCUT2D eigenvalue weighted by Crippen LogP contribution is 2.38. The summed E-state index contributed by atoms with van der Waals surface area (Å²) in [5, 5.41) is 20.7. The molecule has 2 N–H and O–H groups in total. The van der Waals surface area contributed by atoms with E-state index in [9.17, 15) is 10.2 Å². The van der Waals surface area contributed by atoms with Gasteiger partial charge in [-0.15, -0.1) is 0 Å². The van der Waals surface area contributed by atoms with Gasteiger partial charge in [-0.2, -0.15) is 0 Å². The van der Waals surface area contributed by atoms with Crippen LogP contribution in [0.4, 0.5) is 0 Å². The fourth-order valence-electron chi connectivity index (χ4n) is 1.27. The molecule has 0 amide bonds. The molecule has 0 radical (unpaired) electrons. The largest absolute Gasteiger partial charge is 0.506 e. The standard InChI is InChI=1S/C9H7BrO2S/c10-4-5-1-2-7(11)9-6(5)3-8(12)13-9/h1-3,11-12H,4H2. The van der Waals surface area contributed by atoms with E-state index < -0.39 is 0 Å². The maximum absolute atomic E-state index is 9.49. The predicted molar refractivity (Wildman–Crippen MR) is 57.8 cm³/mol. The Morgan fingerprint density at radius 3 is 2.77 bits per heavy atom. The third-order valence-electron chi connectivity index (χ3n) is 1.88. The van der Waals surface area contributed by atoms with Gasteiger partial charge in [0, 0.05) is 10.7 Å². The molecule has 2 nitrogen and oxygen atoms in total. The number of aromatic hydroxyl groups is 2. The topological polar surface area (TPSA) is 40.5 Å². The first-order valence-electron chi connectivity index (χ1n) is 3.71. The van der Waals surface area contributed by atoms with E-state index in [1.54, 1.807) is 12.1 Å². The number of halogens is 1. The van der Waals surface area contributed by atoms with Crippen molar-refractivity contribution in [2.75, 3.05) is 0 Å². The minimum Gasteiger partial charge on any atom is -0.506 e. The zero-order valence-electron chi connectivity index (χ0n) is 6.62. The van der Waals surface area contributed by atoms with Crippen molar-refractivity contribution in [1.29, 1.82) is 0 Å². The fraction of sp³-hybridized carbons (Fsp3) is 0.111. The first-order chi connectivity index (χ1) is 6.22. The van der Waals surface area contributed by atoms with Crippen LogP contribution in [0.5, 0.6) is 10.8 Å². The van der Waals surface area contributed by atoms with Crippen LogP contribution in [0, 0.1) is 0 Å². The lowest BCUT2D eigenvalue weighted by Gasteiger charge is -1.99. The van der Waals surface area contributed by atoms with Crippen molar-refractivity contribution in [3.8, 4) is 10.8 Å². The van der Waals surface area contributed by atoms with Gasteiger partial charge in [-0.1, -0.05) is 33.3 Å². The number of phenolic OH excluding ortho intramolecular Hbond substituents is 1. The first kappa shape index (κ1) is 8.84. The average Bonchev–Trinajstić information content (AvgIpc) is 2.48. The summed E-state index contributed by atoms with van der Waals surface area (Å²) in [5.41, 5.74) is 1.07. The molecular formula is C9H7BrO2S. The molecule has 0 saturated heterocycles. The number of benzene rings is 1. The van der Waals surface area contributed by atoms with Crippen molar-refractivity contribution in [1.82, 2.24) is 0 Å². The summed E-state index contributed by atoms with van der Waals surface area (Å²) in [6.45, 7) is 0. The highest BCUT2D eigenvalue weighted by molar-refractivity contribution is 9.08. The fourth-order valence-corrected chi connectivity index (χ4v) is 2.62. The Labute approximate surface area is 87.6 Å². The van der Waals surface area contributed by atoms with Gasteiger partial charge >= 0.3 is 0 Å². The smallest absolute Gasteiger partial charge is 0.172 e. The van der Waals surface area contributed by atoms with Crippen LogP contribution in [0.15, 0.2) is 18.2 Å². The van der Waals surface area contributed by atoms with Crippen molar-refractivity contribution >= 4 is 37.4 Å². The molecular weight excluding hydrogens is 252 g/mol. The van der Waals surface area contributed by atoms with Gasteiger partial charge in [-0.05, 0) is 17.7 Å². The molecule has 0 aliphatic heterocycles. The molecule has 0 aliphatic carbocycles. The number of rotatable bonds is 1. The number of phenols is 1. The molecule has 0 spiro atoms. The normalized spacial score (nSPS) is 10.8. The molecule has 1 aromatic heterocycles. The Kier molecular flexibility index (Phi) is 2.17. The van der Waals surface area contributed by atoms with E-state index in [0.717, 1.165) is 21.0 Å². The van der Waals surface area contributed by atoms with E-state index >= 15 is 0 Å². The van der Waals surface area contributed by atoms with Crippen LogP contribution in [-0.4, -0.2) is 10.2 Å². The lowest BCUT2D eigenvalue weighted by atomic mass is 10.1. The minimum absolute atomic E-state index is 0.227. The van der Waals surface area contributed by atoms with E-state index in [1.165, 1.54) is 11.3 Å². The van der Waals surface area contributed by atoms with Crippen LogP contribution in [0.2, 0.25) is 0 Å². The van der Waals surface area contributed by atoms with E-state index in [4.69, 9.17) is 0 Å². The molecule has 0 bridgehead atoms.